The summed E-state index contributed by atoms with van der Waals surface area (Å²) < 4.78 is 0. The van der Waals surface area contributed by atoms with Crippen molar-refractivity contribution in [1.82, 2.24) is 0 Å². The molecule has 0 aliphatic heterocycles. The molecule has 0 N–H and O–H groups in total. The van der Waals surface area contributed by atoms with Crippen LogP contribution in [0.5, 0.6) is 0 Å². The van der Waals surface area contributed by atoms with E-state index in [-0.39, 0.29) is 5.41 Å². The van der Waals surface area contributed by atoms with Crippen molar-refractivity contribution in [2.45, 2.75) is 20.8 Å². The topological polar surface area (TPSA) is 23.8 Å². The molecule has 0 aromatic carbocycles. The number of hydrogen-bond donors (Lipinski definition) is 0. The standard InChI is InChI=1S/C8H13N/c1-5-8(4,6-9)7(2)3/h5,7H,1H2,2-4H3. The number of hydrogen-bond acceptors (Lipinski definition) is 1. The van der Waals surface area contributed by atoms with Crippen molar-refractivity contribution < 1.29 is 0 Å². The molecular formula is C8H13N. The molecule has 50 valence electrons. The van der Waals surface area contributed by atoms with Crippen molar-refractivity contribution in [3.63, 3.8) is 0 Å². The van der Waals surface area contributed by atoms with E-state index in [2.05, 4.69) is 12.6 Å². The first-order valence-corrected chi connectivity index (χ1v) is 3.11. The molecule has 1 unspecified atom stereocenters. The Morgan fingerprint density at radius 3 is 2.11 bits per heavy atom. The molecule has 0 aliphatic rings. The highest BCUT2D eigenvalue weighted by Crippen LogP contribution is 2.26. The Kier molecular flexibility index (Phi) is 2.45. The fourth-order valence-corrected chi connectivity index (χ4v) is 0.410. The van der Waals surface area contributed by atoms with E-state index in [1.165, 1.54) is 0 Å². The molecular weight excluding hydrogens is 110 g/mol. The minimum absolute atomic E-state index is 0.347. The van der Waals surface area contributed by atoms with E-state index in [4.69, 9.17) is 5.26 Å². The van der Waals surface area contributed by atoms with E-state index in [1.54, 1.807) is 6.08 Å². The van der Waals surface area contributed by atoms with Gasteiger partial charge in [0.2, 0.25) is 0 Å². The number of allylic oxidation sites excluding steroid dienone is 1. The van der Waals surface area contributed by atoms with Crippen LogP contribution in [0.2, 0.25) is 0 Å². The zero-order valence-corrected chi connectivity index (χ0v) is 6.31. The predicted octanol–water partition coefficient (Wildman–Crippen LogP) is 2.36. The van der Waals surface area contributed by atoms with Gasteiger partial charge >= 0.3 is 0 Å². The molecule has 0 bridgehead atoms. The van der Waals surface area contributed by atoms with Gasteiger partial charge < -0.3 is 0 Å². The van der Waals surface area contributed by atoms with E-state index in [1.807, 2.05) is 20.8 Å². The first-order chi connectivity index (χ1) is 4.06. The van der Waals surface area contributed by atoms with Gasteiger partial charge in [-0.15, -0.1) is 6.58 Å². The van der Waals surface area contributed by atoms with Crippen molar-refractivity contribution in [2.75, 3.05) is 0 Å². The molecule has 0 aromatic rings. The van der Waals surface area contributed by atoms with Crippen LogP contribution in [0.3, 0.4) is 0 Å². The van der Waals surface area contributed by atoms with Crippen molar-refractivity contribution in [1.29, 1.82) is 5.26 Å². The smallest absolute Gasteiger partial charge is 0.0745 e. The monoisotopic (exact) mass is 123 g/mol. The summed E-state index contributed by atoms with van der Waals surface area (Å²) in [6, 6.07) is 2.21. The van der Waals surface area contributed by atoms with Crippen LogP contribution in [0.4, 0.5) is 0 Å². The van der Waals surface area contributed by atoms with Crippen molar-refractivity contribution in [3.05, 3.63) is 12.7 Å². The summed E-state index contributed by atoms with van der Waals surface area (Å²) in [5.41, 5.74) is -0.347. The van der Waals surface area contributed by atoms with Gasteiger partial charge in [0.1, 0.15) is 0 Å². The van der Waals surface area contributed by atoms with Gasteiger partial charge in [0, 0.05) is 0 Å². The molecule has 0 aliphatic carbocycles. The Hall–Kier alpha value is -0.770. The van der Waals surface area contributed by atoms with Crippen LogP contribution in [0.25, 0.3) is 0 Å². The molecule has 0 radical (unpaired) electrons. The Morgan fingerprint density at radius 2 is 2.11 bits per heavy atom. The SMILES string of the molecule is C=CC(C)(C#N)C(C)C. The molecule has 0 aromatic heterocycles. The third-order valence-electron chi connectivity index (χ3n) is 1.86. The van der Waals surface area contributed by atoms with E-state index < -0.39 is 0 Å². The van der Waals surface area contributed by atoms with Crippen LogP contribution >= 0.6 is 0 Å². The van der Waals surface area contributed by atoms with Crippen LogP contribution in [0, 0.1) is 22.7 Å². The molecule has 0 heterocycles. The van der Waals surface area contributed by atoms with Crippen LogP contribution in [0.1, 0.15) is 20.8 Å². The molecule has 1 heteroatoms. The van der Waals surface area contributed by atoms with Gasteiger partial charge in [-0.3, -0.25) is 0 Å². The lowest BCUT2D eigenvalue weighted by molar-refractivity contribution is 0.396. The van der Waals surface area contributed by atoms with Crippen molar-refractivity contribution >= 4 is 0 Å². The maximum absolute atomic E-state index is 8.63. The molecule has 0 fully saturated rings. The first kappa shape index (κ1) is 8.23. The lowest BCUT2D eigenvalue weighted by Crippen LogP contribution is -2.17. The summed E-state index contributed by atoms with van der Waals surface area (Å²) in [4.78, 5) is 0. The minimum Gasteiger partial charge on any atom is -0.197 e. The normalized spacial score (nSPS) is 16.3. The third-order valence-corrected chi connectivity index (χ3v) is 1.86. The summed E-state index contributed by atoms with van der Waals surface area (Å²) >= 11 is 0. The number of nitriles is 1. The lowest BCUT2D eigenvalue weighted by atomic mass is 9.81. The average Bonchev–Trinajstić information content (AvgIpc) is 1.86. The predicted molar refractivity (Wildman–Crippen MR) is 38.8 cm³/mol. The third kappa shape index (κ3) is 1.57. The van der Waals surface area contributed by atoms with E-state index in [0.717, 1.165) is 0 Å². The van der Waals surface area contributed by atoms with Gasteiger partial charge in [0.05, 0.1) is 11.5 Å². The zero-order chi connectivity index (χ0) is 7.49. The fraction of sp³-hybridized carbons (Fsp3) is 0.625. The van der Waals surface area contributed by atoms with Crippen molar-refractivity contribution in [2.24, 2.45) is 11.3 Å². The maximum Gasteiger partial charge on any atom is 0.0745 e. The highest BCUT2D eigenvalue weighted by atomic mass is 14.3. The van der Waals surface area contributed by atoms with Gasteiger partial charge in [-0.25, -0.2) is 0 Å². The van der Waals surface area contributed by atoms with Crippen LogP contribution in [0.15, 0.2) is 12.7 Å². The second-order valence-electron chi connectivity index (χ2n) is 2.75. The summed E-state index contributed by atoms with van der Waals surface area (Å²) in [6.45, 7) is 9.53. The van der Waals surface area contributed by atoms with E-state index >= 15 is 0 Å². The molecule has 0 rings (SSSR count). The largest absolute Gasteiger partial charge is 0.197 e. The van der Waals surface area contributed by atoms with Gasteiger partial charge in [0.15, 0.2) is 0 Å². The quantitative estimate of drug-likeness (QED) is 0.517. The Balaban J connectivity index is 4.32. The molecule has 0 spiro atoms. The van der Waals surface area contributed by atoms with Crippen LogP contribution < -0.4 is 0 Å². The highest BCUT2D eigenvalue weighted by Gasteiger charge is 2.23. The van der Waals surface area contributed by atoms with Gasteiger partial charge in [-0.05, 0) is 12.8 Å². The van der Waals surface area contributed by atoms with Crippen LogP contribution in [-0.4, -0.2) is 0 Å². The molecule has 0 saturated carbocycles. The summed E-state index contributed by atoms with van der Waals surface area (Å²) in [5, 5.41) is 8.63. The van der Waals surface area contributed by atoms with Crippen LogP contribution in [-0.2, 0) is 0 Å². The Labute approximate surface area is 57.0 Å². The lowest BCUT2D eigenvalue weighted by Gasteiger charge is -2.20. The van der Waals surface area contributed by atoms with Gasteiger partial charge in [-0.1, -0.05) is 19.9 Å². The zero-order valence-electron chi connectivity index (χ0n) is 6.31. The maximum atomic E-state index is 8.63. The number of rotatable bonds is 2. The summed E-state index contributed by atoms with van der Waals surface area (Å²) in [5.74, 6) is 0.347. The van der Waals surface area contributed by atoms with Gasteiger partial charge in [-0.2, -0.15) is 5.26 Å². The highest BCUT2D eigenvalue weighted by molar-refractivity contribution is 5.08. The summed E-state index contributed by atoms with van der Waals surface area (Å²) in [7, 11) is 0. The second-order valence-corrected chi connectivity index (χ2v) is 2.75. The number of nitrogens with zero attached hydrogens (tertiary/aromatic N) is 1. The molecule has 0 amide bonds. The van der Waals surface area contributed by atoms with E-state index in [9.17, 15) is 0 Å². The molecule has 1 nitrogen and oxygen atoms in total. The van der Waals surface area contributed by atoms with Gasteiger partial charge in [0.25, 0.3) is 0 Å². The Bertz CT molecular complexity index is 141. The minimum atomic E-state index is -0.347. The second kappa shape index (κ2) is 2.68. The summed E-state index contributed by atoms with van der Waals surface area (Å²) in [6.07, 6.45) is 1.71. The molecule has 9 heavy (non-hydrogen) atoms. The average molecular weight is 123 g/mol. The van der Waals surface area contributed by atoms with E-state index in [0.29, 0.717) is 5.92 Å². The molecule has 1 atom stereocenters. The fourth-order valence-electron chi connectivity index (χ4n) is 0.410. The first-order valence-electron chi connectivity index (χ1n) is 3.11. The Morgan fingerprint density at radius 1 is 1.67 bits per heavy atom. The van der Waals surface area contributed by atoms with Crippen molar-refractivity contribution in [3.8, 4) is 6.07 Å². The molecule has 0 saturated heterocycles.